The Balaban J connectivity index is 2.39. The highest BCUT2D eigenvalue weighted by molar-refractivity contribution is 7.99. The smallest absolute Gasteiger partial charge is 0.322 e. The summed E-state index contributed by atoms with van der Waals surface area (Å²) in [5, 5.41) is 9.14. The molecule has 1 aliphatic heterocycles. The summed E-state index contributed by atoms with van der Waals surface area (Å²) in [5.41, 5.74) is 0.684. The lowest BCUT2D eigenvalue weighted by atomic mass is 10.3. The zero-order chi connectivity index (χ0) is 14.2. The lowest BCUT2D eigenvalue weighted by Gasteiger charge is -2.30. The van der Waals surface area contributed by atoms with E-state index in [0.717, 1.165) is 15.6 Å². The van der Waals surface area contributed by atoms with E-state index in [1.54, 1.807) is 6.92 Å². The number of carbonyl (C=O) groups is 1. The van der Waals surface area contributed by atoms with Crippen LogP contribution in [0.5, 0.6) is 0 Å². The molecule has 1 unspecified atom stereocenters. The van der Waals surface area contributed by atoms with Gasteiger partial charge in [-0.25, -0.2) is 8.42 Å². The van der Waals surface area contributed by atoms with Gasteiger partial charge in [0.15, 0.2) is 0 Å². The Kier molecular flexibility index (Phi) is 4.46. The second-order valence-corrected chi connectivity index (χ2v) is 8.99. The van der Waals surface area contributed by atoms with Crippen LogP contribution in [0.25, 0.3) is 0 Å². The van der Waals surface area contributed by atoms with Crippen LogP contribution in [0.1, 0.15) is 5.56 Å². The predicted octanol–water partition coefficient (Wildman–Crippen LogP) is 1.90. The number of rotatable bonds is 3. The first kappa shape index (κ1) is 15.1. The van der Waals surface area contributed by atoms with E-state index in [-0.39, 0.29) is 16.5 Å². The molecule has 0 spiro atoms. The fraction of sp³-hybridized carbons (Fsp3) is 0.500. The number of carboxylic acid groups (broad SMARTS) is 1. The molecule has 0 radical (unpaired) electrons. The second kappa shape index (κ2) is 5.61. The molecular formula is C10H12ClNO4S3. The molecule has 19 heavy (non-hydrogen) atoms. The van der Waals surface area contributed by atoms with Gasteiger partial charge in [-0.15, -0.1) is 11.3 Å². The first-order valence-corrected chi connectivity index (χ1v) is 9.21. The van der Waals surface area contributed by atoms with Gasteiger partial charge in [0.1, 0.15) is 10.3 Å². The number of hydrogen-bond donors (Lipinski definition) is 1. The second-order valence-electron chi connectivity index (χ2n) is 4.07. The molecule has 5 nitrogen and oxygen atoms in total. The molecule has 0 aliphatic carbocycles. The van der Waals surface area contributed by atoms with Crippen molar-refractivity contribution >= 4 is 50.7 Å². The van der Waals surface area contributed by atoms with Crippen LogP contribution in [0.4, 0.5) is 0 Å². The van der Waals surface area contributed by atoms with Crippen LogP contribution < -0.4 is 0 Å². The number of nitrogens with zero attached hydrogens (tertiary/aromatic N) is 1. The summed E-state index contributed by atoms with van der Waals surface area (Å²) in [4.78, 5) is 11.2. The molecule has 0 amide bonds. The summed E-state index contributed by atoms with van der Waals surface area (Å²) in [6.07, 6.45) is 0. The molecule has 1 aromatic rings. The molecule has 1 aliphatic rings. The maximum absolute atomic E-state index is 12.5. The van der Waals surface area contributed by atoms with Gasteiger partial charge in [0.05, 0.1) is 4.34 Å². The molecular weight excluding hydrogens is 330 g/mol. The molecule has 0 bridgehead atoms. The molecule has 9 heteroatoms. The Hall–Kier alpha value is -0.280. The standard InChI is InChI=1S/C10H12ClNO4S3/c1-6-4-8(18-9(6)11)19(15,16)12-2-3-17-5-7(12)10(13)14/h4,7H,2-3,5H2,1H3,(H,13,14). The van der Waals surface area contributed by atoms with Gasteiger partial charge in [-0.05, 0) is 18.6 Å². The van der Waals surface area contributed by atoms with Crippen molar-refractivity contribution in [1.29, 1.82) is 0 Å². The van der Waals surface area contributed by atoms with Crippen molar-refractivity contribution in [2.45, 2.75) is 17.2 Å². The summed E-state index contributed by atoms with van der Waals surface area (Å²) >= 11 is 8.30. The van der Waals surface area contributed by atoms with Gasteiger partial charge >= 0.3 is 5.97 Å². The zero-order valence-electron chi connectivity index (χ0n) is 10.00. The number of thioether (sulfide) groups is 1. The molecule has 1 N–H and O–H groups in total. The number of carboxylic acids is 1. The first-order valence-electron chi connectivity index (χ1n) is 5.42. The zero-order valence-corrected chi connectivity index (χ0v) is 13.2. The highest BCUT2D eigenvalue weighted by Crippen LogP contribution is 2.34. The number of aryl methyl sites for hydroxylation is 1. The topological polar surface area (TPSA) is 74.7 Å². The van der Waals surface area contributed by atoms with E-state index in [1.807, 2.05) is 0 Å². The highest BCUT2D eigenvalue weighted by Gasteiger charge is 2.38. The Morgan fingerprint density at radius 3 is 2.79 bits per heavy atom. The third-order valence-electron chi connectivity index (χ3n) is 2.76. The van der Waals surface area contributed by atoms with Gasteiger partial charge in [-0.3, -0.25) is 4.79 Å². The first-order chi connectivity index (χ1) is 8.84. The van der Waals surface area contributed by atoms with Crippen molar-refractivity contribution in [2.75, 3.05) is 18.1 Å². The third kappa shape index (κ3) is 2.92. The summed E-state index contributed by atoms with van der Waals surface area (Å²) in [6, 6.07) is 0.480. The van der Waals surface area contributed by atoms with Crippen molar-refractivity contribution in [2.24, 2.45) is 0 Å². The Labute approximate surface area is 124 Å². The van der Waals surface area contributed by atoms with E-state index in [4.69, 9.17) is 16.7 Å². The van der Waals surface area contributed by atoms with Gasteiger partial charge in [0.25, 0.3) is 10.0 Å². The molecule has 1 aromatic heterocycles. The lowest BCUT2D eigenvalue weighted by molar-refractivity contribution is -0.140. The summed E-state index contributed by atoms with van der Waals surface area (Å²) in [7, 11) is -3.78. The molecule has 0 aromatic carbocycles. The van der Waals surface area contributed by atoms with Crippen LogP contribution >= 0.6 is 34.7 Å². The molecule has 1 saturated heterocycles. The van der Waals surface area contributed by atoms with E-state index >= 15 is 0 Å². The van der Waals surface area contributed by atoms with E-state index in [2.05, 4.69) is 0 Å². The molecule has 106 valence electrons. The largest absolute Gasteiger partial charge is 0.480 e. The average Bonchev–Trinajstić information content (AvgIpc) is 2.70. The number of hydrogen-bond acceptors (Lipinski definition) is 5. The van der Waals surface area contributed by atoms with Crippen molar-refractivity contribution in [3.63, 3.8) is 0 Å². The number of thiophene rings is 1. The van der Waals surface area contributed by atoms with E-state index in [0.29, 0.717) is 15.7 Å². The van der Waals surface area contributed by atoms with Crippen molar-refractivity contribution in [3.05, 3.63) is 16.0 Å². The number of halogens is 1. The number of aliphatic carboxylic acids is 1. The fourth-order valence-corrected chi connectivity index (χ4v) is 6.41. The van der Waals surface area contributed by atoms with Crippen LogP contribution in [-0.4, -0.2) is 47.9 Å². The van der Waals surface area contributed by atoms with Crippen molar-refractivity contribution in [3.8, 4) is 0 Å². The quantitative estimate of drug-likeness (QED) is 0.908. The van der Waals surface area contributed by atoms with Gasteiger partial charge in [0.2, 0.25) is 0 Å². The minimum Gasteiger partial charge on any atom is -0.480 e. The third-order valence-corrected chi connectivity index (χ3v) is 7.70. The van der Waals surface area contributed by atoms with Crippen molar-refractivity contribution in [1.82, 2.24) is 4.31 Å². The van der Waals surface area contributed by atoms with Crippen LogP contribution in [0.2, 0.25) is 4.34 Å². The maximum atomic E-state index is 12.5. The SMILES string of the molecule is Cc1cc(S(=O)(=O)N2CCSCC2C(=O)O)sc1Cl. The molecule has 1 fully saturated rings. The number of sulfonamides is 1. The average molecular weight is 342 g/mol. The van der Waals surface area contributed by atoms with Gasteiger partial charge in [-0.1, -0.05) is 11.6 Å². The summed E-state index contributed by atoms with van der Waals surface area (Å²) in [6.45, 7) is 1.93. The van der Waals surface area contributed by atoms with Crippen LogP contribution in [0, 0.1) is 6.92 Å². The predicted molar refractivity (Wildman–Crippen MR) is 76.7 cm³/mol. The Bertz CT molecular complexity index is 578. The van der Waals surface area contributed by atoms with E-state index in [9.17, 15) is 13.2 Å². The highest BCUT2D eigenvalue weighted by atomic mass is 35.5. The summed E-state index contributed by atoms with van der Waals surface area (Å²) < 4.78 is 26.5. The minimum atomic E-state index is -3.78. The van der Waals surface area contributed by atoms with E-state index in [1.165, 1.54) is 17.8 Å². The Morgan fingerprint density at radius 1 is 1.58 bits per heavy atom. The molecule has 1 atom stereocenters. The Morgan fingerprint density at radius 2 is 2.26 bits per heavy atom. The van der Waals surface area contributed by atoms with E-state index < -0.39 is 22.0 Å². The van der Waals surface area contributed by atoms with Crippen molar-refractivity contribution < 1.29 is 18.3 Å². The molecule has 2 heterocycles. The maximum Gasteiger partial charge on any atom is 0.322 e. The fourth-order valence-electron chi connectivity index (χ4n) is 1.75. The minimum absolute atomic E-state index is 0.105. The normalized spacial score (nSPS) is 21.5. The van der Waals surface area contributed by atoms with Gasteiger partial charge < -0.3 is 5.11 Å². The lowest BCUT2D eigenvalue weighted by Crippen LogP contribution is -2.49. The van der Waals surface area contributed by atoms with Crippen LogP contribution in [0.3, 0.4) is 0 Å². The van der Waals surface area contributed by atoms with Crippen LogP contribution in [-0.2, 0) is 14.8 Å². The molecule has 2 rings (SSSR count). The van der Waals surface area contributed by atoms with Gasteiger partial charge in [-0.2, -0.15) is 16.1 Å². The summed E-state index contributed by atoms with van der Waals surface area (Å²) in [5.74, 6) is -0.247. The molecule has 0 saturated carbocycles. The van der Waals surface area contributed by atoms with Crippen LogP contribution in [0.15, 0.2) is 10.3 Å². The van der Waals surface area contributed by atoms with Gasteiger partial charge in [0, 0.05) is 18.1 Å². The monoisotopic (exact) mass is 341 g/mol.